The summed E-state index contributed by atoms with van der Waals surface area (Å²) in [5.41, 5.74) is 0. The molecule has 0 bridgehead atoms. The summed E-state index contributed by atoms with van der Waals surface area (Å²) < 4.78 is 5.30. The second kappa shape index (κ2) is 3.13. The Bertz CT molecular complexity index is 120. The summed E-state index contributed by atoms with van der Waals surface area (Å²) >= 11 is 0. The second-order valence-electron chi connectivity index (χ2n) is 2.52. The lowest BCUT2D eigenvalue weighted by molar-refractivity contribution is 0.419. The van der Waals surface area contributed by atoms with E-state index < -0.39 is 8.32 Å². The minimum atomic E-state index is -1.53. The van der Waals surface area contributed by atoms with Crippen LogP contribution in [0.1, 0.15) is 6.92 Å². The fourth-order valence-electron chi connectivity index (χ4n) is 0.417. The molecule has 0 amide bonds. The molecular weight excluding hydrogens is 130 g/mol. The molecule has 0 fully saturated rings. The van der Waals surface area contributed by atoms with Crippen LogP contribution >= 0.6 is 0 Å². The highest BCUT2D eigenvalue weighted by atomic mass is 28.4. The van der Waals surface area contributed by atoms with Gasteiger partial charge in [-0.1, -0.05) is 0 Å². The van der Waals surface area contributed by atoms with Crippen LogP contribution in [0.3, 0.4) is 0 Å². The van der Waals surface area contributed by atoms with Gasteiger partial charge in [0.1, 0.15) is 0 Å². The molecule has 0 radical (unpaired) electrons. The molecule has 0 aromatic rings. The van der Waals surface area contributed by atoms with Crippen LogP contribution in [0.15, 0.2) is 4.99 Å². The predicted molar refractivity (Wildman–Crippen MR) is 43.5 cm³/mol. The number of hydrogen-bond donors (Lipinski definition) is 0. The van der Waals surface area contributed by atoms with Gasteiger partial charge >= 0.3 is 0 Å². The van der Waals surface area contributed by atoms with Crippen molar-refractivity contribution >= 4 is 13.7 Å². The normalized spacial score (nSPS) is 14.1. The van der Waals surface area contributed by atoms with E-state index in [2.05, 4.69) is 18.1 Å². The van der Waals surface area contributed by atoms with E-state index in [0.717, 1.165) is 5.33 Å². The van der Waals surface area contributed by atoms with Crippen molar-refractivity contribution < 1.29 is 4.43 Å². The van der Waals surface area contributed by atoms with Gasteiger partial charge < -0.3 is 4.43 Å². The van der Waals surface area contributed by atoms with Crippen LogP contribution in [-0.4, -0.2) is 27.8 Å². The van der Waals surface area contributed by atoms with Crippen molar-refractivity contribution in [3.8, 4) is 0 Å². The fourth-order valence-corrected chi connectivity index (χ4v) is 1.25. The highest BCUT2D eigenvalue weighted by Gasteiger charge is 2.23. The number of hydrogen-bond acceptors (Lipinski definition) is 2. The summed E-state index contributed by atoms with van der Waals surface area (Å²) in [5, 5.41) is 1.16. The molecule has 0 saturated heterocycles. The lowest BCUT2D eigenvalue weighted by Gasteiger charge is -2.18. The largest absolute Gasteiger partial charge is 0.415 e. The molecule has 0 saturated carbocycles. The molecule has 0 atom stereocenters. The molecule has 0 N–H and O–H groups in total. The first-order chi connectivity index (χ1) is 4.04. The molecule has 0 unspecified atom stereocenters. The molecule has 54 valence electrons. The standard InChI is InChI=1S/C6H15NOSi/c1-6(7-2)9(4,5)8-3/h1-5H3/b7-6+. The zero-order chi connectivity index (χ0) is 7.49. The lowest BCUT2D eigenvalue weighted by atomic mass is 10.9. The Morgan fingerprint density at radius 3 is 2.00 bits per heavy atom. The van der Waals surface area contributed by atoms with Gasteiger partial charge in [-0.2, -0.15) is 0 Å². The molecule has 3 heteroatoms. The first-order valence-electron chi connectivity index (χ1n) is 3.03. The molecule has 0 aromatic carbocycles. The van der Waals surface area contributed by atoms with Gasteiger partial charge in [0, 0.05) is 19.5 Å². The van der Waals surface area contributed by atoms with Crippen molar-refractivity contribution in [3.05, 3.63) is 0 Å². The highest BCUT2D eigenvalue weighted by Crippen LogP contribution is 2.03. The number of nitrogens with zero attached hydrogens (tertiary/aromatic N) is 1. The smallest absolute Gasteiger partial charge is 0.231 e. The van der Waals surface area contributed by atoms with Crippen molar-refractivity contribution in [1.82, 2.24) is 0 Å². The topological polar surface area (TPSA) is 21.6 Å². The summed E-state index contributed by atoms with van der Waals surface area (Å²) in [6.45, 7) is 6.29. The van der Waals surface area contributed by atoms with Gasteiger partial charge in [-0.25, -0.2) is 0 Å². The van der Waals surface area contributed by atoms with E-state index in [1.54, 1.807) is 7.11 Å². The van der Waals surface area contributed by atoms with E-state index in [1.165, 1.54) is 0 Å². The Balaban J connectivity index is 4.14. The van der Waals surface area contributed by atoms with E-state index in [-0.39, 0.29) is 0 Å². The molecule has 0 aromatic heterocycles. The summed E-state index contributed by atoms with van der Waals surface area (Å²) in [7, 11) is 2.03. The van der Waals surface area contributed by atoms with Gasteiger partial charge in [0.15, 0.2) is 0 Å². The van der Waals surface area contributed by atoms with E-state index in [0.29, 0.717) is 0 Å². The monoisotopic (exact) mass is 145 g/mol. The molecule has 0 aliphatic rings. The summed E-state index contributed by atoms with van der Waals surface area (Å²) in [4.78, 5) is 4.08. The van der Waals surface area contributed by atoms with Crippen LogP contribution in [0.25, 0.3) is 0 Å². The third-order valence-electron chi connectivity index (χ3n) is 1.72. The van der Waals surface area contributed by atoms with E-state index >= 15 is 0 Å². The van der Waals surface area contributed by atoms with Crippen LogP contribution in [0.2, 0.25) is 13.1 Å². The van der Waals surface area contributed by atoms with Crippen LogP contribution in [0, 0.1) is 0 Å². The van der Waals surface area contributed by atoms with Crippen LogP contribution < -0.4 is 0 Å². The van der Waals surface area contributed by atoms with Crippen molar-refractivity contribution in [3.63, 3.8) is 0 Å². The summed E-state index contributed by atoms with van der Waals surface area (Å²) in [6.07, 6.45) is 0. The molecule has 0 spiro atoms. The third kappa shape index (κ3) is 2.28. The Morgan fingerprint density at radius 1 is 1.44 bits per heavy atom. The Hall–Kier alpha value is -0.153. The van der Waals surface area contributed by atoms with Crippen molar-refractivity contribution in [1.29, 1.82) is 0 Å². The first kappa shape index (κ1) is 8.85. The average molecular weight is 145 g/mol. The van der Waals surface area contributed by atoms with Gasteiger partial charge in [-0.3, -0.25) is 4.99 Å². The lowest BCUT2D eigenvalue weighted by Crippen LogP contribution is -2.38. The number of rotatable bonds is 2. The zero-order valence-corrected chi connectivity index (χ0v) is 7.86. The molecule has 0 heterocycles. The van der Waals surface area contributed by atoms with Crippen LogP contribution in [0.4, 0.5) is 0 Å². The quantitative estimate of drug-likeness (QED) is 0.426. The zero-order valence-electron chi connectivity index (χ0n) is 6.86. The molecular formula is C6H15NOSi. The highest BCUT2D eigenvalue weighted by molar-refractivity contribution is 7.00. The van der Waals surface area contributed by atoms with E-state index in [9.17, 15) is 0 Å². The van der Waals surface area contributed by atoms with E-state index in [4.69, 9.17) is 4.43 Å². The maximum Gasteiger partial charge on any atom is 0.231 e. The van der Waals surface area contributed by atoms with Crippen molar-refractivity contribution in [2.75, 3.05) is 14.2 Å². The summed E-state index contributed by atoms with van der Waals surface area (Å²) in [5.74, 6) is 0. The molecule has 0 aliphatic carbocycles. The maximum atomic E-state index is 5.30. The van der Waals surface area contributed by atoms with Gasteiger partial charge in [0.05, 0.1) is 0 Å². The Morgan fingerprint density at radius 2 is 1.89 bits per heavy atom. The summed E-state index contributed by atoms with van der Waals surface area (Å²) in [6, 6.07) is 0. The van der Waals surface area contributed by atoms with E-state index in [1.807, 2.05) is 14.0 Å². The molecule has 9 heavy (non-hydrogen) atoms. The van der Waals surface area contributed by atoms with Gasteiger partial charge in [-0.05, 0) is 20.0 Å². The molecule has 0 aliphatic heterocycles. The second-order valence-corrected chi connectivity index (χ2v) is 6.68. The SMILES string of the molecule is C/N=C(\C)[Si](C)(C)OC. The number of aliphatic imine (C=N–C) groups is 1. The van der Waals surface area contributed by atoms with Crippen LogP contribution in [0.5, 0.6) is 0 Å². The fraction of sp³-hybridized carbons (Fsp3) is 0.833. The molecule has 2 nitrogen and oxygen atoms in total. The Kier molecular flexibility index (Phi) is 3.07. The minimum Gasteiger partial charge on any atom is -0.415 e. The van der Waals surface area contributed by atoms with Gasteiger partial charge in [-0.15, -0.1) is 0 Å². The van der Waals surface area contributed by atoms with Gasteiger partial charge in [0.25, 0.3) is 0 Å². The third-order valence-corrected chi connectivity index (χ3v) is 4.70. The first-order valence-corrected chi connectivity index (χ1v) is 5.94. The minimum absolute atomic E-state index is 1.16. The average Bonchev–Trinajstić information content (AvgIpc) is 1.86. The maximum absolute atomic E-state index is 5.30. The van der Waals surface area contributed by atoms with Crippen molar-refractivity contribution in [2.45, 2.75) is 20.0 Å². The predicted octanol–water partition coefficient (Wildman–Crippen LogP) is 1.47. The Labute approximate surface area is 58.1 Å². The van der Waals surface area contributed by atoms with Gasteiger partial charge in [0.2, 0.25) is 8.32 Å². The van der Waals surface area contributed by atoms with Crippen LogP contribution in [-0.2, 0) is 4.43 Å². The molecule has 0 rings (SSSR count). The van der Waals surface area contributed by atoms with Crippen molar-refractivity contribution in [2.24, 2.45) is 4.99 Å².